The number of benzene rings is 1. The lowest BCUT2D eigenvalue weighted by Gasteiger charge is -2.13. The van der Waals surface area contributed by atoms with Crippen LogP contribution in [0, 0.1) is 0 Å². The third-order valence-corrected chi connectivity index (χ3v) is 2.80. The molecular formula is C14H17NO2. The molecule has 0 spiro atoms. The number of anilines is 1. The van der Waals surface area contributed by atoms with Gasteiger partial charge >= 0.3 is 0 Å². The highest BCUT2D eigenvalue weighted by atomic mass is 16.5. The van der Waals surface area contributed by atoms with Crippen molar-refractivity contribution in [3.8, 4) is 0 Å². The Bertz CT molecular complexity index is 438. The molecule has 1 aliphatic heterocycles. The van der Waals surface area contributed by atoms with Gasteiger partial charge in [-0.05, 0) is 43.0 Å². The molecule has 1 aliphatic rings. The topological polar surface area (TPSA) is 52.3 Å². The molecule has 2 rings (SSSR count). The van der Waals surface area contributed by atoms with Gasteiger partial charge in [0.05, 0.1) is 6.61 Å². The van der Waals surface area contributed by atoms with Crippen LogP contribution in [0.5, 0.6) is 0 Å². The van der Waals surface area contributed by atoms with E-state index in [0.29, 0.717) is 25.2 Å². The molecule has 0 atom stereocenters. The number of aryl methyl sites for hydroxylation is 1. The SMILES string of the molecule is Nc1cccc(CCC(=O)C2=CCCCO2)c1. The summed E-state index contributed by atoms with van der Waals surface area (Å²) in [5.74, 6) is 0.632. The number of rotatable bonds is 4. The first-order valence-corrected chi connectivity index (χ1v) is 5.96. The van der Waals surface area contributed by atoms with Crippen molar-refractivity contribution in [2.75, 3.05) is 12.3 Å². The average molecular weight is 231 g/mol. The Morgan fingerprint density at radius 3 is 3.00 bits per heavy atom. The van der Waals surface area contributed by atoms with Crippen LogP contribution < -0.4 is 5.73 Å². The van der Waals surface area contributed by atoms with E-state index >= 15 is 0 Å². The highest BCUT2D eigenvalue weighted by Crippen LogP contribution is 2.15. The number of carbonyl (C=O) groups is 1. The minimum Gasteiger partial charge on any atom is -0.490 e. The molecule has 0 fully saturated rings. The van der Waals surface area contributed by atoms with Crippen molar-refractivity contribution in [3.05, 3.63) is 41.7 Å². The number of ether oxygens (including phenoxy) is 1. The molecule has 0 aromatic heterocycles. The van der Waals surface area contributed by atoms with E-state index in [-0.39, 0.29) is 5.78 Å². The number of Topliss-reactive ketones (excluding diaryl/α,β-unsaturated/α-hetero) is 1. The van der Waals surface area contributed by atoms with Gasteiger partial charge in [-0.25, -0.2) is 0 Å². The van der Waals surface area contributed by atoms with Crippen molar-refractivity contribution in [1.82, 2.24) is 0 Å². The van der Waals surface area contributed by atoms with Crippen LogP contribution in [0.1, 0.15) is 24.8 Å². The summed E-state index contributed by atoms with van der Waals surface area (Å²) in [5, 5.41) is 0. The molecule has 17 heavy (non-hydrogen) atoms. The molecule has 1 aromatic rings. The predicted octanol–water partition coefficient (Wildman–Crippen LogP) is 2.46. The Kier molecular flexibility index (Phi) is 3.81. The van der Waals surface area contributed by atoms with Gasteiger partial charge < -0.3 is 10.5 Å². The highest BCUT2D eigenvalue weighted by molar-refractivity contribution is 5.93. The Morgan fingerprint density at radius 1 is 1.41 bits per heavy atom. The fraction of sp³-hybridized carbons (Fsp3) is 0.357. The summed E-state index contributed by atoms with van der Waals surface area (Å²) in [4.78, 5) is 11.8. The number of hydrogen-bond donors (Lipinski definition) is 1. The van der Waals surface area contributed by atoms with E-state index < -0.39 is 0 Å². The second kappa shape index (κ2) is 5.53. The molecule has 3 nitrogen and oxygen atoms in total. The lowest BCUT2D eigenvalue weighted by Crippen LogP contribution is -2.11. The van der Waals surface area contributed by atoms with Gasteiger partial charge in [-0.2, -0.15) is 0 Å². The third kappa shape index (κ3) is 3.34. The first-order valence-electron chi connectivity index (χ1n) is 5.96. The van der Waals surface area contributed by atoms with Crippen LogP contribution in [-0.4, -0.2) is 12.4 Å². The predicted molar refractivity (Wildman–Crippen MR) is 67.5 cm³/mol. The van der Waals surface area contributed by atoms with Crippen LogP contribution in [0.4, 0.5) is 5.69 Å². The van der Waals surface area contributed by atoms with Crippen LogP contribution in [-0.2, 0) is 16.0 Å². The monoisotopic (exact) mass is 231 g/mol. The highest BCUT2D eigenvalue weighted by Gasteiger charge is 2.13. The number of nitrogen functional groups attached to an aromatic ring is 1. The maximum atomic E-state index is 11.8. The van der Waals surface area contributed by atoms with Crippen molar-refractivity contribution >= 4 is 11.5 Å². The van der Waals surface area contributed by atoms with Gasteiger partial charge in [0.25, 0.3) is 0 Å². The molecule has 1 aromatic carbocycles. The lowest BCUT2D eigenvalue weighted by atomic mass is 10.1. The fourth-order valence-corrected chi connectivity index (χ4v) is 1.88. The van der Waals surface area contributed by atoms with Gasteiger partial charge in [-0.1, -0.05) is 12.1 Å². The zero-order valence-corrected chi connectivity index (χ0v) is 9.82. The maximum Gasteiger partial charge on any atom is 0.197 e. The number of nitrogens with two attached hydrogens (primary N) is 1. The second-order valence-corrected chi connectivity index (χ2v) is 4.23. The lowest BCUT2D eigenvalue weighted by molar-refractivity contribution is -0.119. The summed E-state index contributed by atoms with van der Waals surface area (Å²) in [5.41, 5.74) is 7.52. The summed E-state index contributed by atoms with van der Waals surface area (Å²) in [6, 6.07) is 7.65. The minimum absolute atomic E-state index is 0.0899. The van der Waals surface area contributed by atoms with Crippen LogP contribution >= 0.6 is 0 Å². The van der Waals surface area contributed by atoms with Crippen molar-refractivity contribution in [1.29, 1.82) is 0 Å². The third-order valence-electron chi connectivity index (χ3n) is 2.80. The molecule has 2 N–H and O–H groups in total. The number of allylic oxidation sites excluding steroid dienone is 2. The van der Waals surface area contributed by atoms with E-state index in [9.17, 15) is 4.79 Å². The molecule has 3 heteroatoms. The standard InChI is InChI=1S/C14H17NO2/c15-12-5-3-4-11(10-12)7-8-13(16)14-6-1-2-9-17-14/h3-6,10H,1-2,7-9,15H2. The number of carbonyl (C=O) groups excluding carboxylic acids is 1. The number of hydrogen-bond acceptors (Lipinski definition) is 3. The van der Waals surface area contributed by atoms with Crippen LogP contribution in [0.15, 0.2) is 36.1 Å². The quantitative estimate of drug-likeness (QED) is 0.810. The Hall–Kier alpha value is -1.77. The first kappa shape index (κ1) is 11.7. The molecule has 0 bridgehead atoms. The molecule has 0 aliphatic carbocycles. The van der Waals surface area contributed by atoms with E-state index in [1.165, 1.54) is 0 Å². The Morgan fingerprint density at radius 2 is 2.29 bits per heavy atom. The number of ketones is 1. The molecule has 0 amide bonds. The smallest absolute Gasteiger partial charge is 0.197 e. The van der Waals surface area contributed by atoms with E-state index in [1.807, 2.05) is 30.3 Å². The van der Waals surface area contributed by atoms with Gasteiger partial charge in [0.15, 0.2) is 11.5 Å². The fourth-order valence-electron chi connectivity index (χ4n) is 1.88. The van der Waals surface area contributed by atoms with Gasteiger partial charge in [0, 0.05) is 12.1 Å². The van der Waals surface area contributed by atoms with Crippen LogP contribution in [0.2, 0.25) is 0 Å². The van der Waals surface area contributed by atoms with Crippen molar-refractivity contribution in [2.45, 2.75) is 25.7 Å². The van der Waals surface area contributed by atoms with Gasteiger partial charge in [-0.15, -0.1) is 0 Å². The molecule has 0 radical (unpaired) electrons. The van der Waals surface area contributed by atoms with Crippen LogP contribution in [0.25, 0.3) is 0 Å². The van der Waals surface area contributed by atoms with Crippen LogP contribution in [0.3, 0.4) is 0 Å². The normalized spacial score (nSPS) is 14.9. The van der Waals surface area contributed by atoms with E-state index in [4.69, 9.17) is 10.5 Å². The summed E-state index contributed by atoms with van der Waals surface area (Å²) >= 11 is 0. The van der Waals surface area contributed by atoms with Crippen molar-refractivity contribution in [2.24, 2.45) is 0 Å². The largest absolute Gasteiger partial charge is 0.490 e. The van der Waals surface area contributed by atoms with Crippen molar-refractivity contribution < 1.29 is 9.53 Å². The van der Waals surface area contributed by atoms with E-state index in [2.05, 4.69) is 0 Å². The van der Waals surface area contributed by atoms with Gasteiger partial charge in [0.1, 0.15) is 0 Å². The zero-order valence-electron chi connectivity index (χ0n) is 9.82. The second-order valence-electron chi connectivity index (χ2n) is 4.23. The summed E-state index contributed by atoms with van der Waals surface area (Å²) in [6.45, 7) is 0.663. The molecular weight excluding hydrogens is 214 g/mol. The molecule has 1 heterocycles. The molecule has 0 saturated carbocycles. The summed E-state index contributed by atoms with van der Waals surface area (Å²) in [7, 11) is 0. The molecule has 90 valence electrons. The van der Waals surface area contributed by atoms with Crippen molar-refractivity contribution in [3.63, 3.8) is 0 Å². The maximum absolute atomic E-state index is 11.8. The minimum atomic E-state index is 0.0899. The summed E-state index contributed by atoms with van der Waals surface area (Å²) < 4.78 is 5.34. The first-order chi connectivity index (χ1) is 8.25. The zero-order chi connectivity index (χ0) is 12.1. The Labute approximate surface area is 101 Å². The summed E-state index contributed by atoms with van der Waals surface area (Å²) in [6.07, 6.45) is 5.04. The molecule has 0 unspecified atom stereocenters. The Balaban J connectivity index is 1.89. The molecule has 0 saturated heterocycles. The van der Waals surface area contributed by atoms with Gasteiger partial charge in [-0.3, -0.25) is 4.79 Å². The van der Waals surface area contributed by atoms with E-state index in [0.717, 1.165) is 24.1 Å². The average Bonchev–Trinajstić information content (AvgIpc) is 2.37. The van der Waals surface area contributed by atoms with E-state index in [1.54, 1.807) is 0 Å². The van der Waals surface area contributed by atoms with Gasteiger partial charge in [0.2, 0.25) is 0 Å².